The van der Waals surface area contributed by atoms with Crippen LogP contribution < -0.4 is 0 Å². The second-order valence-electron chi connectivity index (χ2n) is 3.35. The maximum atomic E-state index is 4.58. The van der Waals surface area contributed by atoms with Crippen LogP contribution in [0.1, 0.15) is 5.56 Å². The molecule has 0 saturated carbocycles. The highest BCUT2D eigenvalue weighted by molar-refractivity contribution is 8.14. The lowest BCUT2D eigenvalue weighted by atomic mass is 10.2. The highest BCUT2D eigenvalue weighted by Gasteiger charge is 2.13. The van der Waals surface area contributed by atoms with E-state index in [0.29, 0.717) is 0 Å². The topological polar surface area (TPSA) is 15.6 Å². The molecule has 1 saturated heterocycles. The third-order valence-electron chi connectivity index (χ3n) is 2.22. The minimum atomic E-state index is 0.799. The summed E-state index contributed by atoms with van der Waals surface area (Å²) < 4.78 is 0. The third-order valence-corrected chi connectivity index (χ3v) is 3.31. The van der Waals surface area contributed by atoms with Crippen LogP contribution in [0.25, 0.3) is 0 Å². The Kier molecular flexibility index (Phi) is 3.09. The van der Waals surface area contributed by atoms with E-state index in [1.165, 1.54) is 16.5 Å². The average molecular weight is 206 g/mol. The van der Waals surface area contributed by atoms with Crippen LogP contribution in [0, 0.1) is 0 Å². The van der Waals surface area contributed by atoms with E-state index in [1.807, 2.05) is 17.8 Å². The third kappa shape index (κ3) is 2.29. The molecule has 2 rings (SSSR count). The number of nitrogens with zero attached hydrogens (tertiary/aromatic N) is 2. The summed E-state index contributed by atoms with van der Waals surface area (Å²) in [6, 6.07) is 10.4. The molecule has 0 atom stereocenters. The van der Waals surface area contributed by atoms with Gasteiger partial charge >= 0.3 is 0 Å². The lowest BCUT2D eigenvalue weighted by molar-refractivity contribution is 0.560. The molecule has 0 radical (unpaired) electrons. The van der Waals surface area contributed by atoms with E-state index in [1.54, 1.807) is 0 Å². The maximum absolute atomic E-state index is 4.58. The number of benzene rings is 1. The Bertz CT molecular complexity index is 321. The van der Waals surface area contributed by atoms with Gasteiger partial charge in [-0.1, -0.05) is 42.1 Å². The van der Waals surface area contributed by atoms with Crippen LogP contribution in [0.2, 0.25) is 0 Å². The summed E-state index contributed by atoms with van der Waals surface area (Å²) in [5.41, 5.74) is 1.28. The van der Waals surface area contributed by atoms with Gasteiger partial charge in [-0.3, -0.25) is 4.99 Å². The first-order valence-corrected chi connectivity index (χ1v) is 5.77. The predicted molar refractivity (Wildman–Crippen MR) is 62.7 cm³/mol. The molecule has 0 N–H and O–H groups in total. The first-order valence-electron chi connectivity index (χ1n) is 4.78. The molecule has 0 aliphatic carbocycles. The van der Waals surface area contributed by atoms with Crippen molar-refractivity contribution in [2.75, 3.05) is 19.3 Å². The van der Waals surface area contributed by atoms with Crippen LogP contribution in [0.4, 0.5) is 0 Å². The highest BCUT2D eigenvalue weighted by atomic mass is 32.2. The fourth-order valence-electron chi connectivity index (χ4n) is 1.39. The summed E-state index contributed by atoms with van der Waals surface area (Å²) in [6.45, 7) is 1.92. The Morgan fingerprint density at radius 1 is 1.36 bits per heavy atom. The van der Waals surface area contributed by atoms with Crippen molar-refractivity contribution in [2.24, 2.45) is 4.99 Å². The molecule has 3 heteroatoms. The van der Waals surface area contributed by atoms with Crippen LogP contribution >= 0.6 is 11.8 Å². The van der Waals surface area contributed by atoms with Gasteiger partial charge in [-0.05, 0) is 5.56 Å². The Labute approximate surface area is 89.0 Å². The van der Waals surface area contributed by atoms with E-state index in [9.17, 15) is 0 Å². The van der Waals surface area contributed by atoms with E-state index in [0.717, 1.165) is 13.1 Å². The van der Waals surface area contributed by atoms with Crippen molar-refractivity contribution in [1.82, 2.24) is 4.90 Å². The molecule has 1 aliphatic rings. The zero-order chi connectivity index (χ0) is 9.80. The normalized spacial score (nSPS) is 19.2. The van der Waals surface area contributed by atoms with Gasteiger partial charge in [0.25, 0.3) is 0 Å². The van der Waals surface area contributed by atoms with E-state index < -0.39 is 0 Å². The number of thioether (sulfide) groups is 1. The standard InChI is InChI=1S/C11H14N2S/c1-13-7-8-14-11(13)12-9-10-5-3-2-4-6-10/h2-6H,7-9H2,1H3. The van der Waals surface area contributed by atoms with Gasteiger partial charge in [-0.15, -0.1) is 0 Å². The molecule has 0 amide bonds. The molecule has 0 spiro atoms. The van der Waals surface area contributed by atoms with Crippen molar-refractivity contribution >= 4 is 16.9 Å². The lowest BCUT2D eigenvalue weighted by Crippen LogP contribution is -2.18. The van der Waals surface area contributed by atoms with Gasteiger partial charge in [0, 0.05) is 19.3 Å². The molecule has 1 aromatic carbocycles. The Balaban J connectivity index is 1.99. The van der Waals surface area contributed by atoms with E-state index in [4.69, 9.17) is 0 Å². The van der Waals surface area contributed by atoms with Gasteiger partial charge < -0.3 is 4.90 Å². The molecule has 14 heavy (non-hydrogen) atoms. The summed E-state index contributed by atoms with van der Waals surface area (Å²) >= 11 is 1.85. The van der Waals surface area contributed by atoms with Crippen molar-refractivity contribution < 1.29 is 0 Å². The second kappa shape index (κ2) is 4.51. The van der Waals surface area contributed by atoms with Crippen LogP contribution in [0.3, 0.4) is 0 Å². The number of aliphatic imine (C=N–C) groups is 1. The molecule has 2 nitrogen and oxygen atoms in total. The summed E-state index contributed by atoms with van der Waals surface area (Å²) in [4.78, 5) is 6.80. The minimum absolute atomic E-state index is 0.799. The Morgan fingerprint density at radius 2 is 2.14 bits per heavy atom. The Morgan fingerprint density at radius 3 is 2.79 bits per heavy atom. The monoisotopic (exact) mass is 206 g/mol. The van der Waals surface area contributed by atoms with Crippen LogP contribution in [0.15, 0.2) is 35.3 Å². The summed E-state index contributed by atoms with van der Waals surface area (Å²) in [6.07, 6.45) is 0. The van der Waals surface area contributed by atoms with E-state index in [2.05, 4.69) is 41.2 Å². The first-order chi connectivity index (χ1) is 6.86. The fraction of sp³-hybridized carbons (Fsp3) is 0.364. The lowest BCUT2D eigenvalue weighted by Gasteiger charge is -2.09. The SMILES string of the molecule is CN1CCSC1=NCc1ccccc1. The van der Waals surface area contributed by atoms with Crippen LogP contribution in [-0.2, 0) is 6.54 Å². The van der Waals surface area contributed by atoms with Crippen LogP contribution in [0.5, 0.6) is 0 Å². The average Bonchev–Trinajstić information content (AvgIpc) is 2.63. The molecule has 1 heterocycles. The van der Waals surface area contributed by atoms with Crippen molar-refractivity contribution in [3.05, 3.63) is 35.9 Å². The Hall–Kier alpha value is -0.960. The van der Waals surface area contributed by atoms with Gasteiger partial charge in [0.1, 0.15) is 0 Å². The van der Waals surface area contributed by atoms with Crippen molar-refractivity contribution in [1.29, 1.82) is 0 Å². The first kappa shape index (κ1) is 9.59. The van der Waals surface area contributed by atoms with Crippen molar-refractivity contribution in [3.63, 3.8) is 0 Å². The molecule has 74 valence electrons. The summed E-state index contributed by atoms with van der Waals surface area (Å²) in [7, 11) is 2.10. The predicted octanol–water partition coefficient (Wildman–Crippen LogP) is 2.22. The van der Waals surface area contributed by atoms with E-state index in [-0.39, 0.29) is 0 Å². The maximum Gasteiger partial charge on any atom is 0.159 e. The molecule has 0 aromatic heterocycles. The summed E-state index contributed by atoms with van der Waals surface area (Å²) in [5, 5.41) is 1.17. The van der Waals surface area contributed by atoms with Crippen molar-refractivity contribution in [2.45, 2.75) is 6.54 Å². The smallest absolute Gasteiger partial charge is 0.159 e. The fourth-order valence-corrected chi connectivity index (χ4v) is 2.40. The van der Waals surface area contributed by atoms with Crippen molar-refractivity contribution in [3.8, 4) is 0 Å². The number of amidine groups is 1. The minimum Gasteiger partial charge on any atom is -0.354 e. The summed E-state index contributed by atoms with van der Waals surface area (Å²) in [5.74, 6) is 1.17. The quantitative estimate of drug-likeness (QED) is 0.737. The molecule has 1 aromatic rings. The molecular formula is C11H14N2S. The molecule has 1 aliphatic heterocycles. The molecule has 1 fully saturated rings. The number of hydrogen-bond acceptors (Lipinski definition) is 2. The van der Waals surface area contributed by atoms with Gasteiger partial charge in [0.05, 0.1) is 6.54 Å². The van der Waals surface area contributed by atoms with Crippen LogP contribution in [-0.4, -0.2) is 29.4 Å². The zero-order valence-corrected chi connectivity index (χ0v) is 9.13. The van der Waals surface area contributed by atoms with Gasteiger partial charge in [0.2, 0.25) is 0 Å². The van der Waals surface area contributed by atoms with E-state index >= 15 is 0 Å². The van der Waals surface area contributed by atoms with Gasteiger partial charge in [0.15, 0.2) is 5.17 Å². The number of rotatable bonds is 2. The highest BCUT2D eigenvalue weighted by Crippen LogP contribution is 2.16. The molecular weight excluding hydrogens is 192 g/mol. The second-order valence-corrected chi connectivity index (χ2v) is 4.42. The zero-order valence-electron chi connectivity index (χ0n) is 8.31. The molecule has 0 bridgehead atoms. The largest absolute Gasteiger partial charge is 0.354 e. The van der Waals surface area contributed by atoms with Gasteiger partial charge in [-0.25, -0.2) is 0 Å². The molecule has 0 unspecified atom stereocenters. The van der Waals surface area contributed by atoms with Gasteiger partial charge in [-0.2, -0.15) is 0 Å². The number of hydrogen-bond donors (Lipinski definition) is 0.